The molecule has 0 spiro atoms. The van der Waals surface area contributed by atoms with Crippen molar-refractivity contribution in [2.45, 2.75) is 61.0 Å². The normalized spacial score (nSPS) is 10.1. The first-order chi connectivity index (χ1) is 18.4. The van der Waals surface area contributed by atoms with Crippen LogP contribution in [0.2, 0.25) is 0 Å². The van der Waals surface area contributed by atoms with Crippen molar-refractivity contribution in [3.8, 4) is 0 Å². The number of benzene rings is 2. The third kappa shape index (κ3) is 8.91. The number of esters is 1. The lowest BCUT2D eigenvalue weighted by Crippen LogP contribution is -2.07. The van der Waals surface area contributed by atoms with Gasteiger partial charge in [0, 0.05) is 23.9 Å². The van der Waals surface area contributed by atoms with Gasteiger partial charge in [-0.05, 0) is 48.7 Å². The molecule has 0 fully saturated rings. The Bertz CT molecular complexity index is 1380. The number of nitrogen functional groups attached to an aromatic ring is 2. The Morgan fingerprint density at radius 2 is 1.32 bits per heavy atom. The van der Waals surface area contributed by atoms with Gasteiger partial charge in [0.15, 0.2) is 0 Å². The van der Waals surface area contributed by atoms with E-state index in [9.17, 15) is 4.79 Å². The molecular formula is C29H44N8O3. The van der Waals surface area contributed by atoms with E-state index in [0.29, 0.717) is 16.9 Å². The molecule has 0 saturated carbocycles. The lowest BCUT2D eigenvalue weighted by Gasteiger charge is -2.09. The van der Waals surface area contributed by atoms with Gasteiger partial charge in [0.1, 0.15) is 11.6 Å². The second kappa shape index (κ2) is 16.7. The van der Waals surface area contributed by atoms with Crippen molar-refractivity contribution in [3.63, 3.8) is 0 Å². The molecule has 0 aliphatic carbocycles. The minimum atomic E-state index is -0.399. The van der Waals surface area contributed by atoms with Crippen molar-refractivity contribution in [2.75, 3.05) is 42.3 Å². The molecule has 7 N–H and O–H groups in total. The fraction of sp³-hybridized carbons (Fsp3) is 0.414. The van der Waals surface area contributed by atoms with E-state index in [4.69, 9.17) is 21.3 Å². The van der Waals surface area contributed by atoms with Gasteiger partial charge < -0.3 is 31.9 Å². The maximum atomic E-state index is 11.5. The van der Waals surface area contributed by atoms with Crippen LogP contribution in [0, 0.1) is 0 Å². The predicted molar refractivity (Wildman–Crippen MR) is 165 cm³/mol. The molecule has 0 atom stereocenters. The Labute approximate surface area is 236 Å². The van der Waals surface area contributed by atoms with E-state index in [1.807, 2.05) is 18.2 Å². The third-order valence-corrected chi connectivity index (χ3v) is 5.74. The fourth-order valence-electron chi connectivity index (χ4n) is 3.72. The Balaban J connectivity index is 0.000000383. The topological polar surface area (TPSA) is 174 Å². The number of aliphatic hydroxyl groups is 1. The molecule has 0 aliphatic heterocycles. The Morgan fingerprint density at radius 1 is 0.825 bits per heavy atom. The van der Waals surface area contributed by atoms with Crippen LogP contribution in [0.1, 0.15) is 70.3 Å². The van der Waals surface area contributed by atoms with Crippen molar-refractivity contribution in [2.24, 2.45) is 0 Å². The molecular weight excluding hydrogens is 508 g/mol. The zero-order valence-electron chi connectivity index (χ0n) is 22.1. The van der Waals surface area contributed by atoms with Gasteiger partial charge in [-0.1, -0.05) is 47.6 Å². The zero-order chi connectivity index (χ0) is 27.5. The van der Waals surface area contributed by atoms with E-state index in [0.717, 1.165) is 66.4 Å². The summed E-state index contributed by atoms with van der Waals surface area (Å²) in [7, 11) is 1.35. The summed E-state index contributed by atoms with van der Waals surface area (Å²) in [6, 6.07) is 10.8. The minimum Gasteiger partial charge on any atom is -0.465 e. The molecule has 4 rings (SSSR count). The smallest absolute Gasteiger partial charge is 0.337 e. The van der Waals surface area contributed by atoms with Gasteiger partial charge in [-0.2, -0.15) is 9.97 Å². The second-order valence-electron chi connectivity index (χ2n) is 8.65. The van der Waals surface area contributed by atoms with Gasteiger partial charge >= 0.3 is 5.97 Å². The van der Waals surface area contributed by atoms with Crippen LogP contribution in [0.3, 0.4) is 0 Å². The number of unbranched alkanes of at least 4 members (excludes halogenated alkanes) is 2. The Hall–Kier alpha value is -4.25. The molecule has 2 aromatic carbocycles. The fourth-order valence-corrected chi connectivity index (χ4v) is 3.72. The number of methoxy groups -OCH3 is 1. The van der Waals surface area contributed by atoms with Crippen LogP contribution in [0.15, 0.2) is 36.4 Å². The highest BCUT2D eigenvalue weighted by Crippen LogP contribution is 2.24. The number of ether oxygens (including phenoxy) is 1. The van der Waals surface area contributed by atoms with Crippen molar-refractivity contribution >= 4 is 51.3 Å². The van der Waals surface area contributed by atoms with Crippen molar-refractivity contribution in [1.29, 1.82) is 0 Å². The van der Waals surface area contributed by atoms with Gasteiger partial charge in [-0.3, -0.25) is 0 Å². The van der Waals surface area contributed by atoms with Gasteiger partial charge in [0.2, 0.25) is 11.9 Å². The number of anilines is 4. The minimum absolute atomic E-state index is 0. The highest BCUT2D eigenvalue weighted by molar-refractivity contribution is 5.97. The van der Waals surface area contributed by atoms with Gasteiger partial charge in [-0.25, -0.2) is 14.8 Å². The largest absolute Gasteiger partial charge is 0.465 e. The highest BCUT2D eigenvalue weighted by atomic mass is 16.5. The Morgan fingerprint density at radius 3 is 1.80 bits per heavy atom. The van der Waals surface area contributed by atoms with E-state index >= 15 is 0 Å². The maximum Gasteiger partial charge on any atom is 0.337 e. The molecule has 0 amide bonds. The summed E-state index contributed by atoms with van der Waals surface area (Å²) in [5.41, 5.74) is 14.0. The van der Waals surface area contributed by atoms with Gasteiger partial charge in [-0.15, -0.1) is 0 Å². The molecule has 4 aromatic rings. The van der Waals surface area contributed by atoms with Crippen molar-refractivity contribution in [3.05, 3.63) is 47.5 Å². The van der Waals surface area contributed by atoms with E-state index in [2.05, 4.69) is 44.4 Å². The zero-order valence-corrected chi connectivity index (χ0v) is 22.1. The highest BCUT2D eigenvalue weighted by Gasteiger charge is 2.11. The predicted octanol–water partition coefficient (Wildman–Crippen LogP) is 5.40. The van der Waals surface area contributed by atoms with E-state index < -0.39 is 5.97 Å². The van der Waals surface area contributed by atoms with Crippen LogP contribution in [-0.2, 0) is 11.3 Å². The number of carbonyl (C=O) groups excluding carboxylic acids is 1. The number of hydrogen-bond acceptors (Lipinski definition) is 11. The van der Waals surface area contributed by atoms with Crippen LogP contribution >= 0.6 is 0 Å². The first kappa shape index (κ1) is 33.8. The molecule has 0 radical (unpaired) electrons. The van der Waals surface area contributed by atoms with Crippen LogP contribution in [-0.4, -0.2) is 51.2 Å². The van der Waals surface area contributed by atoms with Crippen LogP contribution < -0.4 is 22.1 Å². The molecule has 0 saturated heterocycles. The summed E-state index contributed by atoms with van der Waals surface area (Å²) in [5, 5.41) is 17.4. The van der Waals surface area contributed by atoms with E-state index in [1.54, 1.807) is 18.2 Å². The summed E-state index contributed by atoms with van der Waals surface area (Å²) in [6.07, 6.45) is 4.35. The standard InChI is InChI=1S/C14H18N4O2.C13H18N4O.2CH4/c1-3-4-7-16-12-10-6-5-9(13(19)20-2)8-11(10)17-14(15)18-12;1-2-3-6-15-12-10-5-4-9(8-18)7-11(10)16-13(14)17-12;;/h5-6,8H,3-4,7H2,1-2H3,(H3,15,16,17,18);4-5,7,18H,2-3,6,8H2,1H3,(H3,14,15,16,17);2*1H4. The summed E-state index contributed by atoms with van der Waals surface area (Å²) >= 11 is 0. The summed E-state index contributed by atoms with van der Waals surface area (Å²) in [4.78, 5) is 28.3. The Kier molecular flexibility index (Phi) is 14.1. The lowest BCUT2D eigenvalue weighted by atomic mass is 10.1. The van der Waals surface area contributed by atoms with Gasteiger partial charge in [0.05, 0.1) is 30.3 Å². The van der Waals surface area contributed by atoms with Crippen LogP contribution in [0.25, 0.3) is 21.8 Å². The van der Waals surface area contributed by atoms with E-state index in [1.165, 1.54) is 7.11 Å². The van der Waals surface area contributed by atoms with Crippen molar-refractivity contribution in [1.82, 2.24) is 19.9 Å². The third-order valence-electron chi connectivity index (χ3n) is 5.74. The summed E-state index contributed by atoms with van der Waals surface area (Å²) in [5.74, 6) is 1.48. The number of nitrogens with two attached hydrogens (primary N) is 2. The number of fused-ring (bicyclic) bond motifs is 2. The molecule has 0 unspecified atom stereocenters. The summed E-state index contributed by atoms with van der Waals surface area (Å²) < 4.78 is 4.70. The number of carbonyl (C=O) groups is 1. The molecule has 0 aliphatic rings. The molecule has 2 aromatic heterocycles. The SMILES string of the molecule is C.C.CCCCNc1nc(N)nc2cc(C(=O)OC)ccc12.CCCCNc1nc(N)nc2cc(CO)ccc12. The van der Waals surface area contributed by atoms with Gasteiger partial charge in [0.25, 0.3) is 0 Å². The molecule has 40 heavy (non-hydrogen) atoms. The molecule has 218 valence electrons. The number of aliphatic hydroxyl groups excluding tert-OH is 1. The van der Waals surface area contributed by atoms with Crippen LogP contribution in [0.5, 0.6) is 0 Å². The number of aromatic nitrogens is 4. The lowest BCUT2D eigenvalue weighted by molar-refractivity contribution is 0.0601. The molecule has 2 heterocycles. The number of nitrogens with zero attached hydrogens (tertiary/aromatic N) is 4. The number of rotatable bonds is 10. The average molecular weight is 553 g/mol. The molecule has 11 heteroatoms. The van der Waals surface area contributed by atoms with E-state index in [-0.39, 0.29) is 33.4 Å². The number of nitrogens with one attached hydrogen (secondary N) is 2. The first-order valence-electron chi connectivity index (χ1n) is 12.7. The number of hydrogen-bond donors (Lipinski definition) is 5. The monoisotopic (exact) mass is 552 g/mol. The maximum absolute atomic E-state index is 11.5. The quantitative estimate of drug-likeness (QED) is 0.126. The molecule has 11 nitrogen and oxygen atoms in total. The first-order valence-corrected chi connectivity index (χ1v) is 12.7. The molecule has 0 bridgehead atoms. The average Bonchev–Trinajstić information content (AvgIpc) is 2.92. The van der Waals surface area contributed by atoms with Crippen LogP contribution in [0.4, 0.5) is 23.5 Å². The van der Waals surface area contributed by atoms with Crippen molar-refractivity contribution < 1.29 is 14.6 Å². The second-order valence-corrected chi connectivity index (χ2v) is 8.65. The summed E-state index contributed by atoms with van der Waals surface area (Å²) in [6.45, 7) is 5.95.